The maximum absolute atomic E-state index is 12.5. The van der Waals surface area contributed by atoms with Gasteiger partial charge in [0.15, 0.2) is 0 Å². The predicted molar refractivity (Wildman–Crippen MR) is 88.2 cm³/mol. The molecule has 2 unspecified atom stereocenters. The molecule has 1 aromatic carbocycles. The normalized spacial score (nSPS) is 24.3. The largest absolute Gasteiger partial charge is 0.376 e. The Morgan fingerprint density at radius 2 is 2.22 bits per heavy atom. The second-order valence-corrected chi connectivity index (χ2v) is 6.64. The maximum Gasteiger partial charge on any atom is 0.229 e. The maximum atomic E-state index is 12.5. The van der Waals surface area contributed by atoms with Crippen LogP contribution in [0.25, 0.3) is 0 Å². The summed E-state index contributed by atoms with van der Waals surface area (Å²) in [4.78, 5) is 26.4. The van der Waals surface area contributed by atoms with E-state index in [4.69, 9.17) is 4.74 Å². The summed E-state index contributed by atoms with van der Waals surface area (Å²) < 4.78 is 5.59. The van der Waals surface area contributed by atoms with Crippen LogP contribution in [-0.4, -0.2) is 42.5 Å². The molecule has 5 nitrogen and oxygen atoms in total. The number of hydrogen-bond acceptors (Lipinski definition) is 3. The van der Waals surface area contributed by atoms with E-state index in [0.717, 1.165) is 36.3 Å². The van der Waals surface area contributed by atoms with Crippen molar-refractivity contribution in [2.45, 2.75) is 39.2 Å². The molecule has 5 heteroatoms. The third kappa shape index (κ3) is 3.72. The lowest BCUT2D eigenvalue weighted by Crippen LogP contribution is -2.34. The third-order valence-corrected chi connectivity index (χ3v) is 4.68. The molecule has 1 N–H and O–H groups in total. The van der Waals surface area contributed by atoms with Gasteiger partial charge in [-0.3, -0.25) is 9.59 Å². The molecule has 2 fully saturated rings. The molecule has 2 atom stereocenters. The van der Waals surface area contributed by atoms with Crippen molar-refractivity contribution >= 4 is 17.5 Å². The first-order valence-electron chi connectivity index (χ1n) is 8.30. The summed E-state index contributed by atoms with van der Waals surface area (Å²) in [7, 11) is 0. The number of nitrogens with one attached hydrogen (secondary N) is 1. The van der Waals surface area contributed by atoms with Crippen LogP contribution in [0, 0.1) is 19.8 Å². The van der Waals surface area contributed by atoms with Crippen molar-refractivity contribution < 1.29 is 14.3 Å². The average Bonchev–Trinajstić information content (AvgIpc) is 3.14. The van der Waals surface area contributed by atoms with E-state index in [1.165, 1.54) is 0 Å². The average molecular weight is 316 g/mol. The molecule has 23 heavy (non-hydrogen) atoms. The molecule has 2 heterocycles. The van der Waals surface area contributed by atoms with Gasteiger partial charge in [0.2, 0.25) is 11.8 Å². The van der Waals surface area contributed by atoms with E-state index >= 15 is 0 Å². The molecule has 124 valence electrons. The van der Waals surface area contributed by atoms with Crippen molar-refractivity contribution in [2.75, 3.05) is 25.0 Å². The van der Waals surface area contributed by atoms with E-state index in [-0.39, 0.29) is 23.8 Å². The van der Waals surface area contributed by atoms with E-state index in [0.29, 0.717) is 19.5 Å². The minimum absolute atomic E-state index is 0.0571. The fraction of sp³-hybridized carbons (Fsp3) is 0.556. The molecular formula is C18H24N2O3. The molecule has 0 radical (unpaired) electrons. The van der Waals surface area contributed by atoms with E-state index < -0.39 is 0 Å². The molecule has 0 spiro atoms. The number of rotatable bonds is 4. The van der Waals surface area contributed by atoms with E-state index in [1.807, 2.05) is 32.0 Å². The summed E-state index contributed by atoms with van der Waals surface area (Å²) in [6.45, 7) is 5.86. The van der Waals surface area contributed by atoms with Crippen LogP contribution in [0.1, 0.15) is 30.4 Å². The van der Waals surface area contributed by atoms with Gasteiger partial charge in [-0.2, -0.15) is 0 Å². The lowest BCUT2D eigenvalue weighted by Gasteiger charge is -2.20. The van der Waals surface area contributed by atoms with Crippen molar-refractivity contribution in [2.24, 2.45) is 5.92 Å². The fourth-order valence-electron chi connectivity index (χ4n) is 3.26. The predicted octanol–water partition coefficient (Wildman–Crippen LogP) is 2.27. The van der Waals surface area contributed by atoms with Crippen molar-refractivity contribution in [1.82, 2.24) is 4.90 Å². The summed E-state index contributed by atoms with van der Waals surface area (Å²) in [6.07, 6.45) is 2.50. The summed E-state index contributed by atoms with van der Waals surface area (Å²) in [5.74, 6) is -0.285. The van der Waals surface area contributed by atoms with Crippen LogP contribution >= 0.6 is 0 Å². The highest BCUT2D eigenvalue weighted by molar-refractivity contribution is 5.97. The lowest BCUT2D eigenvalue weighted by atomic mass is 10.1. The molecule has 2 aliphatic rings. The molecular weight excluding hydrogens is 292 g/mol. The number of benzene rings is 1. The number of ether oxygens (including phenoxy) is 1. The Morgan fingerprint density at radius 3 is 2.96 bits per heavy atom. The minimum atomic E-state index is -0.274. The van der Waals surface area contributed by atoms with Gasteiger partial charge in [-0.25, -0.2) is 0 Å². The number of hydrogen-bond donors (Lipinski definition) is 1. The Labute approximate surface area is 137 Å². The number of aryl methyl sites for hydroxylation is 2. The van der Waals surface area contributed by atoms with Gasteiger partial charge in [-0.05, 0) is 43.9 Å². The number of carbonyl (C=O) groups is 2. The van der Waals surface area contributed by atoms with Crippen LogP contribution in [0.2, 0.25) is 0 Å². The topological polar surface area (TPSA) is 58.6 Å². The first-order valence-corrected chi connectivity index (χ1v) is 8.30. The second-order valence-electron chi connectivity index (χ2n) is 6.64. The molecule has 1 aromatic rings. The quantitative estimate of drug-likeness (QED) is 0.927. The first kappa shape index (κ1) is 16.0. The Morgan fingerprint density at radius 1 is 1.39 bits per heavy atom. The van der Waals surface area contributed by atoms with Crippen molar-refractivity contribution in [1.29, 1.82) is 0 Å². The monoisotopic (exact) mass is 316 g/mol. The van der Waals surface area contributed by atoms with Crippen molar-refractivity contribution in [3.8, 4) is 0 Å². The number of nitrogens with zero attached hydrogens (tertiary/aromatic N) is 1. The number of likely N-dealkylation sites (tertiary alicyclic amines) is 1. The molecule has 2 amide bonds. The highest BCUT2D eigenvalue weighted by Gasteiger charge is 2.36. The molecule has 2 saturated heterocycles. The fourth-order valence-corrected chi connectivity index (χ4v) is 3.26. The Bertz CT molecular complexity index is 608. The van der Waals surface area contributed by atoms with Gasteiger partial charge in [0.25, 0.3) is 0 Å². The van der Waals surface area contributed by atoms with Gasteiger partial charge in [-0.1, -0.05) is 12.1 Å². The van der Waals surface area contributed by atoms with E-state index in [1.54, 1.807) is 4.90 Å². The number of anilines is 1. The zero-order chi connectivity index (χ0) is 16.4. The van der Waals surface area contributed by atoms with Gasteiger partial charge in [-0.15, -0.1) is 0 Å². The van der Waals surface area contributed by atoms with Crippen LogP contribution in [-0.2, 0) is 14.3 Å². The second kappa shape index (κ2) is 6.71. The highest BCUT2D eigenvalue weighted by Crippen LogP contribution is 2.24. The minimum Gasteiger partial charge on any atom is -0.376 e. The standard InChI is InChI=1S/C18H24N2O3/c1-12-5-6-13(2)16(8-12)19-18(22)14-9-17(21)20(10-14)11-15-4-3-7-23-15/h5-6,8,14-15H,3-4,7,9-11H2,1-2H3,(H,19,22). The van der Waals surface area contributed by atoms with Gasteiger partial charge < -0.3 is 15.0 Å². The zero-order valence-corrected chi connectivity index (χ0v) is 13.8. The molecule has 0 saturated carbocycles. The number of carbonyl (C=O) groups excluding carboxylic acids is 2. The summed E-state index contributed by atoms with van der Waals surface area (Å²) in [6, 6.07) is 5.98. The van der Waals surface area contributed by atoms with Crippen molar-refractivity contribution in [3.63, 3.8) is 0 Å². The van der Waals surface area contributed by atoms with Crippen LogP contribution < -0.4 is 5.32 Å². The first-order chi connectivity index (χ1) is 11.0. The summed E-state index contributed by atoms with van der Waals surface area (Å²) in [5, 5.41) is 2.98. The molecule has 0 aromatic heterocycles. The Balaban J connectivity index is 1.60. The summed E-state index contributed by atoms with van der Waals surface area (Å²) in [5.41, 5.74) is 2.97. The molecule has 0 aliphatic carbocycles. The SMILES string of the molecule is Cc1ccc(C)c(NC(=O)C2CC(=O)N(CC3CCCO3)C2)c1. The van der Waals surface area contributed by atoms with Crippen LogP contribution in [0.15, 0.2) is 18.2 Å². The smallest absolute Gasteiger partial charge is 0.229 e. The van der Waals surface area contributed by atoms with Crippen LogP contribution in [0.3, 0.4) is 0 Å². The zero-order valence-electron chi connectivity index (χ0n) is 13.8. The third-order valence-electron chi connectivity index (χ3n) is 4.68. The van der Waals surface area contributed by atoms with E-state index in [2.05, 4.69) is 5.32 Å². The van der Waals surface area contributed by atoms with Gasteiger partial charge in [0, 0.05) is 31.8 Å². The van der Waals surface area contributed by atoms with Gasteiger partial charge in [0.05, 0.1) is 12.0 Å². The van der Waals surface area contributed by atoms with Crippen LogP contribution in [0.5, 0.6) is 0 Å². The molecule has 0 bridgehead atoms. The highest BCUT2D eigenvalue weighted by atomic mass is 16.5. The molecule has 3 rings (SSSR count). The van der Waals surface area contributed by atoms with Crippen molar-refractivity contribution in [3.05, 3.63) is 29.3 Å². The lowest BCUT2D eigenvalue weighted by molar-refractivity contribution is -0.129. The molecule has 2 aliphatic heterocycles. The Kier molecular flexibility index (Phi) is 4.66. The Hall–Kier alpha value is -1.88. The van der Waals surface area contributed by atoms with Gasteiger partial charge in [0.1, 0.15) is 0 Å². The van der Waals surface area contributed by atoms with Crippen LogP contribution in [0.4, 0.5) is 5.69 Å². The number of amides is 2. The van der Waals surface area contributed by atoms with E-state index in [9.17, 15) is 9.59 Å². The summed E-state index contributed by atoms with van der Waals surface area (Å²) >= 11 is 0. The van der Waals surface area contributed by atoms with Gasteiger partial charge >= 0.3 is 0 Å².